The minimum absolute atomic E-state index is 0.0407. The number of nitrogens with zero attached hydrogens (tertiary/aromatic N) is 2. The van der Waals surface area contributed by atoms with Crippen LogP contribution >= 0.6 is 0 Å². The summed E-state index contributed by atoms with van der Waals surface area (Å²) in [6.07, 6.45) is -7.13. The van der Waals surface area contributed by atoms with Gasteiger partial charge in [-0.3, -0.25) is 9.59 Å². The second-order valence-corrected chi connectivity index (χ2v) is 10.4. The summed E-state index contributed by atoms with van der Waals surface area (Å²) in [4.78, 5) is 32.7. The number of aromatic nitrogens is 1. The van der Waals surface area contributed by atoms with E-state index in [2.05, 4.69) is 4.98 Å². The highest BCUT2D eigenvalue weighted by atomic mass is 19.4. The van der Waals surface area contributed by atoms with Crippen molar-refractivity contribution in [1.82, 2.24) is 14.8 Å². The first-order chi connectivity index (χ1) is 20.8. The number of hydrogen-bond donors (Lipinski definition) is 1. The number of fused-ring (bicyclic) bond motifs is 1. The number of benzene rings is 3. The number of carbonyl (C=O) groups is 2. The summed E-state index contributed by atoms with van der Waals surface area (Å²) in [5.41, 5.74) is -1.64. The number of alkyl halides is 6. The van der Waals surface area contributed by atoms with Crippen LogP contribution in [0.4, 0.5) is 30.7 Å². The summed E-state index contributed by atoms with van der Waals surface area (Å²) in [5.74, 6) is -2.16. The van der Waals surface area contributed by atoms with Crippen molar-refractivity contribution in [3.63, 3.8) is 0 Å². The van der Waals surface area contributed by atoms with Crippen LogP contribution in [0.3, 0.4) is 0 Å². The molecule has 1 heterocycles. The van der Waals surface area contributed by atoms with Crippen LogP contribution in [0, 0.1) is 5.82 Å². The van der Waals surface area contributed by atoms with Gasteiger partial charge < -0.3 is 14.8 Å². The average Bonchev–Trinajstić information content (AvgIpc) is 3.39. The van der Waals surface area contributed by atoms with Crippen LogP contribution in [0.15, 0.2) is 72.9 Å². The maximum absolute atomic E-state index is 13.7. The van der Waals surface area contributed by atoms with Gasteiger partial charge in [0, 0.05) is 42.3 Å². The molecule has 0 aliphatic rings. The number of aromatic amines is 1. The predicted molar refractivity (Wildman–Crippen MR) is 151 cm³/mol. The highest BCUT2D eigenvalue weighted by Crippen LogP contribution is 2.36. The van der Waals surface area contributed by atoms with Gasteiger partial charge >= 0.3 is 12.4 Å². The summed E-state index contributed by atoms with van der Waals surface area (Å²) in [6, 6.07) is 13.7. The van der Waals surface area contributed by atoms with Crippen molar-refractivity contribution in [3.05, 3.63) is 107 Å². The molecule has 12 heteroatoms. The van der Waals surface area contributed by atoms with E-state index < -0.39 is 53.2 Å². The van der Waals surface area contributed by atoms with Crippen LogP contribution in [-0.4, -0.2) is 46.2 Å². The molecule has 0 saturated heterocycles. The van der Waals surface area contributed by atoms with E-state index in [4.69, 9.17) is 0 Å². The summed E-state index contributed by atoms with van der Waals surface area (Å²) < 4.78 is 94.4. The van der Waals surface area contributed by atoms with Crippen molar-refractivity contribution in [2.45, 2.75) is 45.1 Å². The monoisotopic (exact) mass is 621 g/mol. The third kappa shape index (κ3) is 8.18. The molecule has 0 aliphatic carbocycles. The minimum Gasteiger partial charge on any atom is -0.361 e. The minimum atomic E-state index is -5.13. The molecule has 0 saturated carbocycles. The van der Waals surface area contributed by atoms with E-state index in [9.17, 15) is 40.3 Å². The van der Waals surface area contributed by atoms with Crippen LogP contribution in [-0.2, 0) is 30.1 Å². The molecule has 234 valence electrons. The molecule has 0 spiro atoms. The van der Waals surface area contributed by atoms with Crippen LogP contribution in [0.2, 0.25) is 0 Å². The van der Waals surface area contributed by atoms with Gasteiger partial charge in [-0.2, -0.15) is 26.3 Å². The summed E-state index contributed by atoms with van der Waals surface area (Å²) >= 11 is 0. The molecule has 4 rings (SSSR count). The van der Waals surface area contributed by atoms with Gasteiger partial charge in [-0.15, -0.1) is 0 Å². The molecule has 0 radical (unpaired) electrons. The largest absolute Gasteiger partial charge is 0.416 e. The number of rotatable bonds is 11. The van der Waals surface area contributed by atoms with Crippen molar-refractivity contribution in [3.8, 4) is 0 Å². The van der Waals surface area contributed by atoms with Crippen molar-refractivity contribution < 1.29 is 40.3 Å². The van der Waals surface area contributed by atoms with Gasteiger partial charge in [-0.05, 0) is 60.4 Å². The summed E-state index contributed by atoms with van der Waals surface area (Å²) in [6.45, 7) is 1.37. The Balaban J connectivity index is 1.62. The van der Waals surface area contributed by atoms with Crippen LogP contribution < -0.4 is 0 Å². The number of amides is 2. The third-order valence-electron chi connectivity index (χ3n) is 7.19. The fourth-order valence-electron chi connectivity index (χ4n) is 4.82. The van der Waals surface area contributed by atoms with Gasteiger partial charge in [0.25, 0.3) is 5.91 Å². The molecule has 0 bridgehead atoms. The molecular formula is C32H30F7N3O2. The Hall–Kier alpha value is -4.35. The fourth-order valence-corrected chi connectivity index (χ4v) is 4.82. The van der Waals surface area contributed by atoms with Gasteiger partial charge in [-0.25, -0.2) is 4.39 Å². The molecule has 1 N–H and O–H groups in total. The zero-order chi connectivity index (χ0) is 32.1. The van der Waals surface area contributed by atoms with E-state index in [0.29, 0.717) is 37.0 Å². The molecule has 0 atom stereocenters. The average molecular weight is 622 g/mol. The zero-order valence-electron chi connectivity index (χ0n) is 23.7. The van der Waals surface area contributed by atoms with E-state index >= 15 is 0 Å². The normalized spacial score (nSPS) is 12.0. The van der Waals surface area contributed by atoms with Gasteiger partial charge in [-0.1, -0.05) is 43.7 Å². The Kier molecular flexibility index (Phi) is 10.0. The molecule has 4 aromatic rings. The number of nitrogens with one attached hydrogen (secondary N) is 1. The molecule has 1 aromatic heterocycles. The molecular weight excluding hydrogens is 591 g/mol. The van der Waals surface area contributed by atoms with Gasteiger partial charge in [0.2, 0.25) is 5.91 Å². The Morgan fingerprint density at radius 1 is 0.818 bits per heavy atom. The third-order valence-corrected chi connectivity index (χ3v) is 7.19. The van der Waals surface area contributed by atoms with E-state index in [1.807, 2.05) is 30.5 Å². The number of carbonyl (C=O) groups excluding carboxylic acids is 2. The SMILES string of the molecule is CCCCN(CC(=O)N(CCc1c[nH]c2ccccc12)Cc1ccc(F)cc1)C(=O)c1cc(C(F)(F)F)cc(C(F)(F)F)c1. The smallest absolute Gasteiger partial charge is 0.361 e. The Labute approximate surface area is 249 Å². The topological polar surface area (TPSA) is 56.4 Å². The molecule has 44 heavy (non-hydrogen) atoms. The maximum atomic E-state index is 13.7. The Morgan fingerprint density at radius 3 is 2.07 bits per heavy atom. The second kappa shape index (κ2) is 13.5. The fraction of sp³-hybridized carbons (Fsp3) is 0.312. The highest BCUT2D eigenvalue weighted by molar-refractivity contribution is 5.97. The van der Waals surface area contributed by atoms with Crippen molar-refractivity contribution in [2.75, 3.05) is 19.6 Å². The first-order valence-electron chi connectivity index (χ1n) is 13.9. The van der Waals surface area contributed by atoms with Crippen LogP contribution in [0.1, 0.15) is 52.4 Å². The van der Waals surface area contributed by atoms with Crippen molar-refractivity contribution in [2.24, 2.45) is 0 Å². The molecule has 3 aromatic carbocycles. The number of H-pyrrole nitrogens is 1. The van der Waals surface area contributed by atoms with Crippen molar-refractivity contribution >= 4 is 22.7 Å². The zero-order valence-corrected chi connectivity index (χ0v) is 23.7. The van der Waals surface area contributed by atoms with Crippen LogP contribution in [0.25, 0.3) is 10.9 Å². The van der Waals surface area contributed by atoms with Crippen LogP contribution in [0.5, 0.6) is 0 Å². The molecule has 0 fully saturated rings. The molecule has 2 amide bonds. The number of halogens is 7. The predicted octanol–water partition coefficient (Wildman–Crippen LogP) is 7.86. The van der Waals surface area contributed by atoms with Gasteiger partial charge in [0.05, 0.1) is 11.1 Å². The van der Waals surface area contributed by atoms with Gasteiger partial charge in [0.1, 0.15) is 12.4 Å². The lowest BCUT2D eigenvalue weighted by Gasteiger charge is -2.28. The molecule has 0 aliphatic heterocycles. The Morgan fingerprint density at radius 2 is 1.45 bits per heavy atom. The van der Waals surface area contributed by atoms with E-state index in [1.165, 1.54) is 29.2 Å². The number of unbranched alkanes of at least 4 members (excludes halogenated alkanes) is 1. The standard InChI is InChI=1S/C32H30F7N3O2/c1-2-3-13-42(30(44)23-15-24(31(34,35)36)17-25(16-23)32(37,38)39)20-29(43)41(19-21-8-10-26(33)11-9-21)14-12-22-18-40-28-7-5-4-6-27(22)28/h4-11,15-18,40H,2-3,12-14,19-20H2,1H3. The van der Waals surface area contributed by atoms with E-state index in [-0.39, 0.29) is 25.7 Å². The second-order valence-electron chi connectivity index (χ2n) is 10.4. The first kappa shape index (κ1) is 32.6. The lowest BCUT2D eigenvalue weighted by molar-refractivity contribution is -0.143. The van der Waals surface area contributed by atoms with Gasteiger partial charge in [0.15, 0.2) is 0 Å². The summed E-state index contributed by atoms with van der Waals surface area (Å²) in [7, 11) is 0. The first-order valence-corrected chi connectivity index (χ1v) is 13.9. The number of para-hydroxylation sites is 1. The summed E-state index contributed by atoms with van der Waals surface area (Å²) in [5, 5.41) is 0.950. The molecule has 5 nitrogen and oxygen atoms in total. The quantitative estimate of drug-likeness (QED) is 0.174. The number of hydrogen-bond acceptors (Lipinski definition) is 2. The molecule has 0 unspecified atom stereocenters. The maximum Gasteiger partial charge on any atom is 0.416 e. The van der Waals surface area contributed by atoms with Crippen molar-refractivity contribution in [1.29, 1.82) is 0 Å². The van der Waals surface area contributed by atoms with E-state index in [1.54, 1.807) is 6.92 Å². The lowest BCUT2D eigenvalue weighted by Crippen LogP contribution is -2.44. The Bertz CT molecular complexity index is 1560. The highest BCUT2D eigenvalue weighted by Gasteiger charge is 2.38. The lowest BCUT2D eigenvalue weighted by atomic mass is 10.0. The van der Waals surface area contributed by atoms with E-state index in [0.717, 1.165) is 21.4 Å².